The van der Waals surface area contributed by atoms with Crippen molar-refractivity contribution in [3.8, 4) is 23.0 Å². The van der Waals surface area contributed by atoms with Crippen molar-refractivity contribution in [2.75, 3.05) is 34.4 Å². The number of hydrogen-bond donors (Lipinski definition) is 0. The third-order valence-electron chi connectivity index (χ3n) is 6.94. The third kappa shape index (κ3) is 5.91. The van der Waals surface area contributed by atoms with Crippen LogP contribution in [-0.4, -0.2) is 55.9 Å². The lowest BCUT2D eigenvalue weighted by molar-refractivity contribution is -0.127. The van der Waals surface area contributed by atoms with E-state index in [1.54, 1.807) is 67.0 Å². The molecule has 1 aromatic heterocycles. The Morgan fingerprint density at radius 3 is 2.38 bits per heavy atom. The number of aromatic nitrogens is 1. The molecule has 3 aromatic rings. The van der Waals surface area contributed by atoms with E-state index in [4.69, 9.17) is 35.5 Å². The molecule has 0 N–H and O–H groups in total. The van der Waals surface area contributed by atoms with Gasteiger partial charge in [-0.05, 0) is 76.6 Å². The fourth-order valence-corrected chi connectivity index (χ4v) is 6.26. The zero-order valence-corrected chi connectivity index (χ0v) is 26.7. The second-order valence-corrected chi connectivity index (χ2v) is 11.3. The van der Waals surface area contributed by atoms with Crippen LogP contribution in [0.4, 0.5) is 0 Å². The molecule has 0 fully saturated rings. The second-order valence-electron chi connectivity index (χ2n) is 9.87. The Morgan fingerprint density at radius 1 is 1.10 bits per heavy atom. The number of thiazole rings is 1. The highest BCUT2D eigenvalue weighted by atomic mass is 35.5. The molecule has 0 saturated heterocycles. The maximum absolute atomic E-state index is 14.2. The van der Waals surface area contributed by atoms with Crippen LogP contribution in [0.3, 0.4) is 0 Å². The summed E-state index contributed by atoms with van der Waals surface area (Å²) in [5.41, 5.74) is 1.92. The summed E-state index contributed by atoms with van der Waals surface area (Å²) in [4.78, 5) is 35.0. The highest BCUT2D eigenvalue weighted by Gasteiger charge is 2.36. The van der Waals surface area contributed by atoms with Crippen molar-refractivity contribution < 1.29 is 23.7 Å². The standard InChI is InChI=1S/C31H36ClN3O6S/c1-9-34(10-2)30(37)26-18(5)33-31-35(27(26)21-16-20(38-6)11-12-23(21)39-7)29(36)25(42-31)15-19-13-22(32)28(41-17(3)4)24(14-19)40-8/h11-17,27H,9-10H2,1-8H3/b25-15+/t27-/m0/s1. The molecule has 11 heteroatoms. The van der Waals surface area contributed by atoms with Gasteiger partial charge in [0.25, 0.3) is 11.5 Å². The molecule has 0 aliphatic carbocycles. The van der Waals surface area contributed by atoms with Crippen LogP contribution in [0.25, 0.3) is 6.08 Å². The molecule has 0 spiro atoms. The summed E-state index contributed by atoms with van der Waals surface area (Å²) < 4.78 is 24.6. The minimum absolute atomic E-state index is 0.101. The number of nitrogens with zero attached hydrogens (tertiary/aromatic N) is 3. The predicted molar refractivity (Wildman–Crippen MR) is 165 cm³/mol. The van der Waals surface area contributed by atoms with Gasteiger partial charge >= 0.3 is 0 Å². The molecule has 0 unspecified atom stereocenters. The number of carbonyl (C=O) groups is 1. The van der Waals surface area contributed by atoms with Crippen molar-refractivity contribution >= 4 is 34.9 Å². The summed E-state index contributed by atoms with van der Waals surface area (Å²) in [5, 5.41) is 0.365. The van der Waals surface area contributed by atoms with Crippen LogP contribution in [0.2, 0.25) is 5.02 Å². The molecule has 1 amide bonds. The quantitative estimate of drug-likeness (QED) is 0.333. The lowest BCUT2D eigenvalue weighted by Gasteiger charge is -2.30. The molecule has 1 atom stereocenters. The van der Waals surface area contributed by atoms with Gasteiger partial charge in [0.15, 0.2) is 16.3 Å². The summed E-state index contributed by atoms with van der Waals surface area (Å²) in [5.74, 6) is 1.79. The minimum Gasteiger partial charge on any atom is -0.497 e. The van der Waals surface area contributed by atoms with Gasteiger partial charge in [0.2, 0.25) is 0 Å². The Labute approximate surface area is 254 Å². The number of benzene rings is 2. The van der Waals surface area contributed by atoms with Gasteiger partial charge in [-0.15, -0.1) is 0 Å². The van der Waals surface area contributed by atoms with Crippen LogP contribution in [0.5, 0.6) is 23.0 Å². The number of rotatable bonds is 10. The summed E-state index contributed by atoms with van der Waals surface area (Å²) in [7, 11) is 4.66. The van der Waals surface area contributed by atoms with Gasteiger partial charge in [0.05, 0.1) is 48.3 Å². The highest BCUT2D eigenvalue weighted by Crippen LogP contribution is 2.39. The molecule has 1 aliphatic rings. The predicted octanol–water partition coefficient (Wildman–Crippen LogP) is 4.57. The first-order valence-corrected chi connectivity index (χ1v) is 14.9. The maximum Gasteiger partial charge on any atom is 0.271 e. The number of ether oxygens (including phenoxy) is 4. The van der Waals surface area contributed by atoms with E-state index >= 15 is 0 Å². The van der Waals surface area contributed by atoms with Gasteiger partial charge in [0, 0.05) is 18.7 Å². The minimum atomic E-state index is -0.790. The molecule has 0 radical (unpaired) electrons. The number of fused-ring (bicyclic) bond motifs is 1. The average molecular weight is 614 g/mol. The van der Waals surface area contributed by atoms with Gasteiger partial charge in [-0.3, -0.25) is 14.2 Å². The number of likely N-dealkylation sites (N-methyl/N-ethyl adjacent to an activating group) is 1. The Hall–Kier alpha value is -3.76. The zero-order valence-electron chi connectivity index (χ0n) is 25.1. The molecular weight excluding hydrogens is 578 g/mol. The first-order valence-electron chi connectivity index (χ1n) is 13.7. The lowest BCUT2D eigenvalue weighted by Crippen LogP contribution is -2.43. The number of amides is 1. The fraction of sp³-hybridized carbons (Fsp3) is 0.387. The van der Waals surface area contributed by atoms with Crippen molar-refractivity contribution in [1.29, 1.82) is 0 Å². The first kappa shape index (κ1) is 31.2. The lowest BCUT2D eigenvalue weighted by atomic mass is 9.93. The highest BCUT2D eigenvalue weighted by molar-refractivity contribution is 7.07. The van der Waals surface area contributed by atoms with E-state index in [2.05, 4.69) is 0 Å². The molecule has 1 aliphatic heterocycles. The molecule has 42 heavy (non-hydrogen) atoms. The topological polar surface area (TPSA) is 91.6 Å². The van der Waals surface area contributed by atoms with Crippen LogP contribution >= 0.6 is 22.9 Å². The Morgan fingerprint density at radius 2 is 1.79 bits per heavy atom. The SMILES string of the molecule is CCN(CC)C(=O)C1=C(C)N=c2s/c(=C/c3cc(Cl)c(OC(C)C)c(OC)c3)c(=O)n2[C@H]1c1cc(OC)ccc1OC. The second kappa shape index (κ2) is 13.0. The van der Waals surface area contributed by atoms with E-state index in [9.17, 15) is 9.59 Å². The van der Waals surface area contributed by atoms with Gasteiger partial charge < -0.3 is 23.8 Å². The Kier molecular flexibility index (Phi) is 9.68. The molecule has 4 rings (SSSR count). The maximum atomic E-state index is 14.2. The molecule has 0 saturated carbocycles. The summed E-state index contributed by atoms with van der Waals surface area (Å²) in [6.07, 6.45) is 1.64. The van der Waals surface area contributed by atoms with Crippen LogP contribution in [0.15, 0.2) is 51.4 Å². The van der Waals surface area contributed by atoms with Crippen LogP contribution in [0, 0.1) is 0 Å². The normalized spacial score (nSPS) is 14.9. The first-order chi connectivity index (χ1) is 20.1. The molecule has 2 heterocycles. The number of allylic oxidation sites excluding steroid dienone is 1. The van der Waals surface area contributed by atoms with Crippen molar-refractivity contribution in [2.24, 2.45) is 4.99 Å². The van der Waals surface area contributed by atoms with Gasteiger partial charge in [-0.1, -0.05) is 22.9 Å². The van der Waals surface area contributed by atoms with Crippen molar-refractivity contribution in [3.05, 3.63) is 77.4 Å². The zero-order chi connectivity index (χ0) is 30.7. The third-order valence-corrected chi connectivity index (χ3v) is 8.20. The van der Waals surface area contributed by atoms with E-state index < -0.39 is 6.04 Å². The molecule has 9 nitrogen and oxygen atoms in total. The fourth-order valence-electron chi connectivity index (χ4n) is 4.95. The van der Waals surface area contributed by atoms with E-state index in [1.807, 2.05) is 27.7 Å². The largest absolute Gasteiger partial charge is 0.497 e. The van der Waals surface area contributed by atoms with Crippen molar-refractivity contribution in [1.82, 2.24) is 9.47 Å². The monoisotopic (exact) mass is 613 g/mol. The van der Waals surface area contributed by atoms with Crippen molar-refractivity contribution in [2.45, 2.75) is 46.8 Å². The number of methoxy groups -OCH3 is 3. The molecule has 224 valence electrons. The van der Waals surface area contributed by atoms with E-state index in [0.29, 0.717) is 72.8 Å². The van der Waals surface area contributed by atoms with Gasteiger partial charge in [-0.25, -0.2) is 4.99 Å². The summed E-state index contributed by atoms with van der Waals surface area (Å²) in [6.45, 7) is 10.5. The van der Waals surface area contributed by atoms with Crippen LogP contribution in [-0.2, 0) is 4.79 Å². The van der Waals surface area contributed by atoms with E-state index in [0.717, 1.165) is 0 Å². The van der Waals surface area contributed by atoms with Crippen LogP contribution < -0.4 is 33.8 Å². The van der Waals surface area contributed by atoms with Crippen molar-refractivity contribution in [3.63, 3.8) is 0 Å². The number of halogens is 1. The van der Waals surface area contributed by atoms with Crippen LogP contribution in [0.1, 0.15) is 51.8 Å². The van der Waals surface area contributed by atoms with Gasteiger partial charge in [0.1, 0.15) is 17.5 Å². The molecule has 2 aromatic carbocycles. The molecular formula is C31H36ClN3O6S. The summed E-state index contributed by atoms with van der Waals surface area (Å²) in [6, 6.07) is 8.05. The van der Waals surface area contributed by atoms with E-state index in [-0.39, 0.29) is 17.6 Å². The smallest absolute Gasteiger partial charge is 0.271 e. The number of hydrogen-bond acceptors (Lipinski definition) is 8. The Balaban J connectivity index is 1.99. The Bertz CT molecular complexity index is 1700. The molecule has 0 bridgehead atoms. The van der Waals surface area contributed by atoms with E-state index in [1.165, 1.54) is 18.4 Å². The average Bonchev–Trinajstić information content (AvgIpc) is 3.27. The summed E-state index contributed by atoms with van der Waals surface area (Å²) >= 11 is 7.79. The number of carbonyl (C=O) groups excluding carboxylic acids is 1. The van der Waals surface area contributed by atoms with Gasteiger partial charge in [-0.2, -0.15) is 0 Å².